The van der Waals surface area contributed by atoms with Crippen LogP contribution in [-0.4, -0.2) is 145 Å². The average Bonchev–Trinajstić information content (AvgIpc) is 0.806. The van der Waals surface area contributed by atoms with Gasteiger partial charge in [0.25, 0.3) is 6.47 Å². The molecule has 2 aromatic heterocycles. The Balaban J connectivity index is 0.000000292. The van der Waals surface area contributed by atoms with Crippen LogP contribution in [-0.2, 0) is 34.8 Å². The van der Waals surface area contributed by atoms with Gasteiger partial charge in [0, 0.05) is 76.8 Å². The van der Waals surface area contributed by atoms with E-state index in [9.17, 15) is 15.0 Å². The van der Waals surface area contributed by atoms with Gasteiger partial charge in [0.15, 0.2) is 16.8 Å². The van der Waals surface area contributed by atoms with E-state index in [0.29, 0.717) is 64.4 Å². The standard InChI is InChI=1S/4C18H15P.C14H16Cl2N6O.C13H21ClN6O3.C6H5BCl2O2.CH2O3.2CH4.2Cs.Pd.H/c4*1-4-10-16(11-5-1)19(17-12-6-2-7-13-17)18-14-8-3-9-15-18;15-10-3-1-2-9(11(10)16)12-13(17)19-14(21-20-12)22-5-4-18-8(6-22)7-23;1-13(2,3)23-12(22)20-5-4-19(6-8(20)7-21)11-16-10(15)9(14)17-18-11;8-5-3-1-2-4(6(5)9)7(10)11;2-1-4-3;;;;;;/h4*1-15H;1-3,8,18,23H,4-7H2,(H2,17,19,21);8,21H,4-7H2,1-3H3,(H2,15,16,18);1-3,10-11H;1,3H;2*1H4;;;;/q;;;;;;;;;;2*+1;;-1/p-1/t;;;;2*8-;;;;;;;;/m....00......../s1. The molecule has 2 aliphatic rings. The summed E-state index contributed by atoms with van der Waals surface area (Å²) in [5, 5.41) is 82.0. The Labute approximate surface area is 996 Å². The SMILES string of the molecule is C.C.CC(C)(C)OC(=O)N1CCN(c2nnc(Cl)c(N)n2)C[C@H]1CO.Nc1nc(N2CCN[C@H](CO)C2)nnc1-c1cccc(Cl)c1Cl.O=CO[O-].OB(O)c1cccc(Cl)c1Cl.[Cs+].[Cs+].[H-].[Pd].c1ccc(P(c2ccccc2)c2ccccc2)cc1.c1ccc(P(c2ccccc2)c2ccccc2)cc1.c1ccc(P(c2ccccc2)c2ccccc2)cc1.c1ccc(P(c2ccccc2)c2ccccc2)cc1. The molecule has 2 saturated heterocycles. The van der Waals surface area contributed by atoms with Crippen LogP contribution in [0, 0.1) is 0 Å². The van der Waals surface area contributed by atoms with E-state index in [2.05, 4.69) is 405 Å². The van der Waals surface area contributed by atoms with Crippen LogP contribution in [0.3, 0.4) is 0 Å². The first-order valence-electron chi connectivity index (χ1n) is 43.5. The largest absolute Gasteiger partial charge is 1.00 e. The van der Waals surface area contributed by atoms with Gasteiger partial charge in [-0.05, 0) is 128 Å². The van der Waals surface area contributed by atoms with Gasteiger partial charge in [-0.15, -0.1) is 20.4 Å². The second-order valence-electron chi connectivity index (χ2n) is 31.0. The maximum atomic E-state index is 12.2. The molecule has 2 aliphatic heterocycles. The van der Waals surface area contributed by atoms with Crippen LogP contribution in [0.15, 0.2) is 400 Å². The van der Waals surface area contributed by atoms with Crippen LogP contribution in [0.1, 0.15) is 37.1 Å². The first kappa shape index (κ1) is 123. The van der Waals surface area contributed by atoms with E-state index in [1.54, 1.807) is 56.0 Å². The summed E-state index contributed by atoms with van der Waals surface area (Å²) in [6.45, 7) is 8.28. The zero-order chi connectivity index (χ0) is 97.1. The quantitative estimate of drug-likeness (QED) is 0.0130. The van der Waals surface area contributed by atoms with Gasteiger partial charge in [0.2, 0.25) is 11.9 Å². The van der Waals surface area contributed by atoms with E-state index in [1.165, 1.54) is 74.6 Å². The molecular weight excluding hydrogens is 2290 g/mol. The molecule has 0 spiro atoms. The number of carbonyl (C=O) groups excluding carboxylic acids is 2. The summed E-state index contributed by atoms with van der Waals surface area (Å²) >= 11 is 29.2. The number of nitrogens with zero attached hydrogens (tertiary/aromatic N) is 9. The van der Waals surface area contributed by atoms with Crippen molar-refractivity contribution in [3.8, 4) is 11.3 Å². The number of halogens is 5. The molecule has 4 heterocycles. The van der Waals surface area contributed by atoms with Crippen molar-refractivity contribution in [2.45, 2.75) is 53.3 Å². The van der Waals surface area contributed by atoms with E-state index in [-0.39, 0.29) is 227 Å². The number of benzene rings is 14. The number of amides is 1. The Morgan fingerprint density at radius 3 is 0.986 bits per heavy atom. The first-order valence-corrected chi connectivity index (χ1v) is 50.8. The molecule has 142 heavy (non-hydrogen) atoms. The number of rotatable bonds is 19. The number of hydrogen-bond acceptors (Lipinski definition) is 20. The molecule has 0 radical (unpaired) electrons. The van der Waals surface area contributed by atoms with Crippen LogP contribution in [0.5, 0.6) is 0 Å². The van der Waals surface area contributed by atoms with Gasteiger partial charge < -0.3 is 63.2 Å². The number of aromatic nitrogens is 6. The maximum absolute atomic E-state index is 12.2. The molecule has 0 bridgehead atoms. The monoisotopic (exact) mass is 2400 g/mol. The second-order valence-corrected chi connectivity index (χ2v) is 41.9. The van der Waals surface area contributed by atoms with Crippen molar-refractivity contribution in [3.05, 3.63) is 426 Å². The van der Waals surface area contributed by atoms with Crippen molar-refractivity contribution < 1.29 is 204 Å². The minimum Gasteiger partial charge on any atom is -1.00 e. The Bertz CT molecular complexity index is 5430. The molecule has 21 nitrogen and oxygen atoms in total. The van der Waals surface area contributed by atoms with Gasteiger partial charge in [0.1, 0.15) is 11.3 Å². The van der Waals surface area contributed by atoms with Gasteiger partial charge in [-0.25, -0.2) is 4.79 Å². The molecule has 18 rings (SSSR count). The van der Waals surface area contributed by atoms with Crippen molar-refractivity contribution in [1.82, 2.24) is 40.6 Å². The van der Waals surface area contributed by atoms with Crippen LogP contribution in [0.25, 0.3) is 11.3 Å². The van der Waals surface area contributed by atoms with Crippen LogP contribution < -0.4 is 239 Å². The smallest absolute Gasteiger partial charge is 1.00 e. The molecule has 1 amide bonds. The maximum Gasteiger partial charge on any atom is 1.00 e. The molecule has 34 heteroatoms. The molecule has 2 atom stereocenters. The molecular formula is C108H112BCl5Cs2N12O9P4Pd. The number of hydrogen-bond donors (Lipinski definition) is 7. The van der Waals surface area contributed by atoms with Crippen molar-refractivity contribution in [3.63, 3.8) is 0 Å². The van der Waals surface area contributed by atoms with Crippen molar-refractivity contribution >= 4 is 202 Å². The predicted molar refractivity (Wildman–Crippen MR) is 585 cm³/mol. The summed E-state index contributed by atoms with van der Waals surface area (Å²) in [6.07, 6.45) is -0.453. The Kier molecular flexibility index (Phi) is 58.2. The Hall–Kier alpha value is -7.20. The van der Waals surface area contributed by atoms with Gasteiger partial charge in [0.05, 0.1) is 39.3 Å². The second kappa shape index (κ2) is 66.9. The fraction of sp³-hybridized carbons (Fsp3) is 0.148. The number of anilines is 4. The zero-order valence-corrected chi connectivity index (χ0v) is 99.0. The molecule has 0 aliphatic carbocycles. The topological polar surface area (TPSA) is 308 Å². The number of carbonyl (C=O) groups is 2. The van der Waals surface area contributed by atoms with E-state index < -0.39 is 56.5 Å². The number of nitrogens with one attached hydrogen (secondary N) is 1. The molecule has 728 valence electrons. The third-order valence-corrected chi connectivity index (χ3v) is 32.1. The van der Waals surface area contributed by atoms with Crippen molar-refractivity contribution in [2.24, 2.45) is 0 Å². The Morgan fingerprint density at radius 2 is 0.718 bits per heavy atom. The van der Waals surface area contributed by atoms with Crippen LogP contribution >= 0.6 is 89.7 Å². The minimum absolute atomic E-state index is 0. The summed E-state index contributed by atoms with van der Waals surface area (Å²) in [7, 11) is -3.35. The fourth-order valence-electron chi connectivity index (χ4n) is 14.1. The van der Waals surface area contributed by atoms with E-state index >= 15 is 0 Å². The fourth-order valence-corrected chi connectivity index (χ4v) is 24.2. The number of aliphatic hydroxyl groups is 2. The van der Waals surface area contributed by atoms with Crippen LogP contribution in [0.2, 0.25) is 25.2 Å². The van der Waals surface area contributed by atoms with Crippen molar-refractivity contribution in [2.75, 3.05) is 73.7 Å². The molecule has 14 aromatic carbocycles. The van der Waals surface area contributed by atoms with Crippen LogP contribution in [0.4, 0.5) is 28.3 Å². The van der Waals surface area contributed by atoms with E-state index in [0.717, 1.165) is 13.1 Å². The number of piperazine rings is 2. The number of ether oxygens (including phenoxy) is 1. The number of aliphatic hydroxyl groups excluding tert-OH is 2. The molecule has 0 saturated carbocycles. The number of nitrogens with two attached hydrogens (primary N) is 2. The normalized spacial score (nSPS) is 12.6. The third kappa shape index (κ3) is 38.8. The summed E-state index contributed by atoms with van der Waals surface area (Å²) < 4.78 is 5.36. The molecule has 2 fully saturated rings. The number of nitrogen functional groups attached to an aromatic ring is 2. The first-order chi connectivity index (χ1) is 66.6. The van der Waals surface area contributed by atoms with Gasteiger partial charge in [-0.3, -0.25) is 9.69 Å². The summed E-state index contributed by atoms with van der Waals surface area (Å²) in [5.74, 6) is 1.07. The summed E-state index contributed by atoms with van der Waals surface area (Å²) in [4.78, 5) is 37.1. The van der Waals surface area contributed by atoms with E-state index in [1.807, 2.05) is 4.90 Å². The molecule has 0 unspecified atom stereocenters. The average molecular weight is 2410 g/mol. The Morgan fingerprint density at radius 1 is 0.430 bits per heavy atom. The van der Waals surface area contributed by atoms with Gasteiger partial charge >= 0.3 is 151 Å². The molecule has 16 aromatic rings. The van der Waals surface area contributed by atoms with Gasteiger partial charge in [-0.2, -0.15) is 9.97 Å². The minimum atomic E-state index is -1.57. The summed E-state index contributed by atoms with van der Waals surface area (Å²) in [5.41, 5.74) is 12.3. The third-order valence-electron chi connectivity index (χ3n) is 20.4. The molecule has 9 N–H and O–H groups in total. The summed E-state index contributed by atoms with van der Waals surface area (Å²) in [6, 6.07) is 139. The zero-order valence-electron chi connectivity index (χ0n) is 78.6. The van der Waals surface area contributed by atoms with Gasteiger partial charge in [-0.1, -0.05) is 461 Å². The van der Waals surface area contributed by atoms with Crippen molar-refractivity contribution in [1.29, 1.82) is 0 Å². The predicted octanol–water partition coefficient (Wildman–Crippen LogP) is 10.0. The van der Waals surface area contributed by atoms with E-state index in [4.69, 9.17) is 94.3 Å².